The van der Waals surface area contributed by atoms with Crippen molar-refractivity contribution in [1.29, 1.82) is 0 Å². The van der Waals surface area contributed by atoms with E-state index in [4.69, 9.17) is 4.74 Å². The summed E-state index contributed by atoms with van der Waals surface area (Å²) in [5.74, 6) is 0.872. The van der Waals surface area contributed by atoms with E-state index in [0.717, 1.165) is 32.4 Å². The molecule has 3 rings (SSSR count). The summed E-state index contributed by atoms with van der Waals surface area (Å²) >= 11 is 0. The van der Waals surface area contributed by atoms with Crippen molar-refractivity contribution < 1.29 is 18.7 Å². The van der Waals surface area contributed by atoms with Crippen molar-refractivity contribution in [2.24, 2.45) is 5.92 Å². The summed E-state index contributed by atoms with van der Waals surface area (Å²) in [7, 11) is 0. The SMILES string of the molecule is Cl.O=C(CCC1CCNCC1)N1CCN(C(=O)COc2ccc(F)cc2)CC1. The molecule has 0 aromatic heterocycles. The molecule has 2 fully saturated rings. The van der Waals surface area contributed by atoms with Crippen LogP contribution in [0.1, 0.15) is 25.7 Å². The third kappa shape index (κ3) is 6.63. The first-order valence-electron chi connectivity index (χ1n) is 9.76. The Bertz CT molecular complexity index is 630. The lowest BCUT2D eigenvalue weighted by atomic mass is 9.93. The van der Waals surface area contributed by atoms with Crippen molar-refractivity contribution in [2.45, 2.75) is 25.7 Å². The number of rotatable bonds is 6. The van der Waals surface area contributed by atoms with Crippen LogP contribution >= 0.6 is 12.4 Å². The third-order valence-electron chi connectivity index (χ3n) is 5.39. The molecule has 2 saturated heterocycles. The topological polar surface area (TPSA) is 61.9 Å². The number of amides is 2. The molecule has 1 aromatic rings. The Morgan fingerprint density at radius 2 is 1.57 bits per heavy atom. The number of benzene rings is 1. The first kappa shape index (κ1) is 22.4. The highest BCUT2D eigenvalue weighted by atomic mass is 35.5. The summed E-state index contributed by atoms with van der Waals surface area (Å²) in [6, 6.07) is 5.60. The van der Waals surface area contributed by atoms with Gasteiger partial charge in [-0.15, -0.1) is 12.4 Å². The van der Waals surface area contributed by atoms with Gasteiger partial charge in [-0.1, -0.05) is 0 Å². The predicted octanol–water partition coefficient (Wildman–Crippen LogP) is 2.08. The van der Waals surface area contributed by atoms with Crippen molar-refractivity contribution in [1.82, 2.24) is 15.1 Å². The van der Waals surface area contributed by atoms with Gasteiger partial charge in [0.05, 0.1) is 0 Å². The van der Waals surface area contributed by atoms with Crippen molar-refractivity contribution in [3.8, 4) is 5.75 Å². The summed E-state index contributed by atoms with van der Waals surface area (Å²) in [4.78, 5) is 28.3. The Morgan fingerprint density at radius 3 is 2.18 bits per heavy atom. The second-order valence-corrected chi connectivity index (χ2v) is 7.24. The molecule has 2 heterocycles. The van der Waals surface area contributed by atoms with Gasteiger partial charge >= 0.3 is 0 Å². The summed E-state index contributed by atoms with van der Waals surface area (Å²) in [6.07, 6.45) is 3.88. The average molecular weight is 414 g/mol. The first-order chi connectivity index (χ1) is 13.1. The van der Waals surface area contributed by atoms with Crippen molar-refractivity contribution in [3.05, 3.63) is 30.1 Å². The molecule has 6 nitrogen and oxygen atoms in total. The lowest BCUT2D eigenvalue weighted by Gasteiger charge is -2.35. The number of piperidine rings is 1. The largest absolute Gasteiger partial charge is 0.484 e. The Morgan fingerprint density at radius 1 is 1.00 bits per heavy atom. The molecule has 8 heteroatoms. The normalized spacial score (nSPS) is 17.8. The van der Waals surface area contributed by atoms with E-state index in [1.807, 2.05) is 4.90 Å². The van der Waals surface area contributed by atoms with E-state index in [1.165, 1.54) is 24.3 Å². The molecule has 0 aliphatic carbocycles. The van der Waals surface area contributed by atoms with Crippen LogP contribution in [0.4, 0.5) is 4.39 Å². The molecule has 0 atom stereocenters. The van der Waals surface area contributed by atoms with Crippen LogP contribution in [-0.2, 0) is 9.59 Å². The zero-order valence-electron chi connectivity index (χ0n) is 16.1. The van der Waals surface area contributed by atoms with Crippen molar-refractivity contribution in [2.75, 3.05) is 45.9 Å². The van der Waals surface area contributed by atoms with E-state index in [0.29, 0.717) is 44.3 Å². The maximum Gasteiger partial charge on any atom is 0.260 e. The van der Waals surface area contributed by atoms with Gasteiger partial charge in [0, 0.05) is 32.6 Å². The number of ether oxygens (including phenoxy) is 1. The number of piperazine rings is 1. The highest BCUT2D eigenvalue weighted by Gasteiger charge is 2.25. The molecule has 28 heavy (non-hydrogen) atoms. The quantitative estimate of drug-likeness (QED) is 0.775. The Hall–Kier alpha value is -1.86. The Balaban J connectivity index is 0.00000280. The van der Waals surface area contributed by atoms with E-state index in [1.54, 1.807) is 4.90 Å². The summed E-state index contributed by atoms with van der Waals surface area (Å²) in [5.41, 5.74) is 0. The minimum atomic E-state index is -0.338. The van der Waals surface area contributed by atoms with Gasteiger partial charge in [-0.05, 0) is 62.5 Å². The molecule has 2 aliphatic heterocycles. The maximum absolute atomic E-state index is 12.9. The average Bonchev–Trinajstić information content (AvgIpc) is 2.72. The molecular weight excluding hydrogens is 385 g/mol. The lowest BCUT2D eigenvalue weighted by Crippen LogP contribution is -2.51. The fraction of sp³-hybridized carbons (Fsp3) is 0.600. The van der Waals surface area contributed by atoms with E-state index < -0.39 is 0 Å². The minimum Gasteiger partial charge on any atom is -0.484 e. The standard InChI is InChI=1S/C20H28FN3O3.ClH/c21-17-2-4-18(5-3-17)27-15-20(26)24-13-11-23(12-14-24)19(25)6-1-16-7-9-22-10-8-16;/h2-5,16,22H,1,6-15H2;1H. The fourth-order valence-electron chi connectivity index (χ4n) is 3.63. The predicted molar refractivity (Wildman–Crippen MR) is 107 cm³/mol. The summed E-state index contributed by atoms with van der Waals surface area (Å²) in [6.45, 7) is 4.25. The van der Waals surface area contributed by atoms with Crippen LogP contribution in [-0.4, -0.2) is 67.5 Å². The number of hydrogen-bond acceptors (Lipinski definition) is 4. The van der Waals surface area contributed by atoms with Crippen LogP contribution in [0.2, 0.25) is 0 Å². The summed E-state index contributed by atoms with van der Waals surface area (Å²) < 4.78 is 18.3. The first-order valence-corrected chi connectivity index (χ1v) is 9.76. The maximum atomic E-state index is 12.9. The molecule has 2 aliphatic rings. The third-order valence-corrected chi connectivity index (χ3v) is 5.39. The van der Waals surface area contributed by atoms with Gasteiger partial charge in [-0.3, -0.25) is 9.59 Å². The van der Waals surface area contributed by atoms with Gasteiger partial charge in [0.15, 0.2) is 6.61 Å². The molecule has 1 aromatic carbocycles. The van der Waals surface area contributed by atoms with Crippen LogP contribution in [0, 0.1) is 11.7 Å². The van der Waals surface area contributed by atoms with Gasteiger partial charge < -0.3 is 19.9 Å². The summed E-state index contributed by atoms with van der Waals surface area (Å²) in [5, 5.41) is 3.34. The van der Waals surface area contributed by atoms with E-state index in [9.17, 15) is 14.0 Å². The van der Waals surface area contributed by atoms with Crippen LogP contribution in [0.25, 0.3) is 0 Å². The molecule has 0 radical (unpaired) electrons. The molecular formula is C20H29ClFN3O3. The van der Waals surface area contributed by atoms with Gasteiger partial charge in [-0.25, -0.2) is 4.39 Å². The molecule has 2 amide bonds. The second-order valence-electron chi connectivity index (χ2n) is 7.24. The smallest absolute Gasteiger partial charge is 0.260 e. The molecule has 156 valence electrons. The van der Waals surface area contributed by atoms with Crippen LogP contribution < -0.4 is 10.1 Å². The number of carbonyl (C=O) groups is 2. The van der Waals surface area contributed by atoms with Crippen molar-refractivity contribution in [3.63, 3.8) is 0 Å². The van der Waals surface area contributed by atoms with Gasteiger partial charge in [0.2, 0.25) is 5.91 Å². The van der Waals surface area contributed by atoms with Gasteiger partial charge in [-0.2, -0.15) is 0 Å². The molecule has 0 bridgehead atoms. The van der Waals surface area contributed by atoms with E-state index in [2.05, 4.69) is 5.32 Å². The number of nitrogens with zero attached hydrogens (tertiary/aromatic N) is 2. The molecule has 0 spiro atoms. The Kier molecular flexibility index (Phi) is 8.99. The monoisotopic (exact) mass is 413 g/mol. The zero-order chi connectivity index (χ0) is 19.1. The van der Waals surface area contributed by atoms with Gasteiger partial charge in [0.1, 0.15) is 11.6 Å². The number of nitrogens with one attached hydrogen (secondary N) is 1. The van der Waals surface area contributed by atoms with Crippen molar-refractivity contribution >= 4 is 24.2 Å². The van der Waals surface area contributed by atoms with E-state index >= 15 is 0 Å². The van der Waals surface area contributed by atoms with Crippen LogP contribution in [0.15, 0.2) is 24.3 Å². The Labute approximate surface area is 171 Å². The molecule has 0 saturated carbocycles. The van der Waals surface area contributed by atoms with Gasteiger partial charge in [0.25, 0.3) is 5.91 Å². The lowest BCUT2D eigenvalue weighted by molar-refractivity contribution is -0.140. The van der Waals surface area contributed by atoms with E-state index in [-0.39, 0.29) is 36.6 Å². The fourth-order valence-corrected chi connectivity index (χ4v) is 3.63. The number of carbonyl (C=O) groups excluding carboxylic acids is 2. The highest BCUT2D eigenvalue weighted by Crippen LogP contribution is 2.19. The number of hydrogen-bond donors (Lipinski definition) is 1. The van der Waals surface area contributed by atoms with Crippen LogP contribution in [0.3, 0.4) is 0 Å². The number of halogens is 2. The minimum absolute atomic E-state index is 0. The highest BCUT2D eigenvalue weighted by molar-refractivity contribution is 5.85. The zero-order valence-corrected chi connectivity index (χ0v) is 16.9. The second kappa shape index (κ2) is 11.2. The van der Waals surface area contributed by atoms with Crippen LogP contribution in [0.5, 0.6) is 5.75 Å². The molecule has 1 N–H and O–H groups in total. The molecule has 0 unspecified atom stereocenters.